The Morgan fingerprint density at radius 3 is 2.59 bits per heavy atom. The molecule has 0 aliphatic carbocycles. The third-order valence-corrected chi connectivity index (χ3v) is 5.50. The van der Waals surface area contributed by atoms with Crippen molar-refractivity contribution < 1.29 is 4.74 Å². The van der Waals surface area contributed by atoms with Gasteiger partial charge in [-0.1, -0.05) is 42.4 Å². The molecule has 0 spiro atoms. The third kappa shape index (κ3) is 4.63. The summed E-state index contributed by atoms with van der Waals surface area (Å²) >= 11 is 7.46. The minimum absolute atomic E-state index is 0.221. The van der Waals surface area contributed by atoms with Crippen LogP contribution in [0.5, 0.6) is 5.75 Å². The number of hydrogen-bond donors (Lipinski definition) is 1. The fraction of sp³-hybridized carbons (Fsp3) is 0.190. The zero-order chi connectivity index (χ0) is 20.2. The Morgan fingerprint density at radius 2 is 1.86 bits per heavy atom. The van der Waals surface area contributed by atoms with Crippen LogP contribution in [-0.4, -0.2) is 31.9 Å². The maximum absolute atomic E-state index is 11.8. The number of fused-ring (bicyclic) bond motifs is 1. The van der Waals surface area contributed by atoms with Crippen molar-refractivity contribution in [1.82, 2.24) is 19.6 Å². The van der Waals surface area contributed by atoms with Gasteiger partial charge < -0.3 is 4.74 Å². The van der Waals surface area contributed by atoms with Gasteiger partial charge in [0.05, 0.1) is 6.61 Å². The van der Waals surface area contributed by atoms with Crippen LogP contribution in [0.4, 0.5) is 0 Å². The van der Waals surface area contributed by atoms with Gasteiger partial charge in [0, 0.05) is 22.4 Å². The summed E-state index contributed by atoms with van der Waals surface area (Å²) in [4.78, 5) is 20.9. The van der Waals surface area contributed by atoms with E-state index in [1.54, 1.807) is 16.6 Å². The van der Waals surface area contributed by atoms with Gasteiger partial charge in [-0.2, -0.15) is 0 Å². The van der Waals surface area contributed by atoms with E-state index in [0.29, 0.717) is 34.0 Å². The number of ether oxygens (including phenoxy) is 1. The lowest BCUT2D eigenvalue weighted by Crippen LogP contribution is -2.06. The first kappa shape index (κ1) is 19.5. The zero-order valence-electron chi connectivity index (χ0n) is 15.8. The van der Waals surface area contributed by atoms with E-state index in [9.17, 15) is 4.79 Å². The minimum Gasteiger partial charge on any atom is -0.493 e. The van der Waals surface area contributed by atoms with Gasteiger partial charge in [-0.05, 0) is 48.4 Å². The lowest BCUT2D eigenvalue weighted by molar-refractivity contribution is 0.343. The van der Waals surface area contributed by atoms with E-state index in [4.69, 9.17) is 16.3 Å². The Hall–Kier alpha value is -2.77. The molecule has 1 N–H and O–H groups in total. The number of halogens is 1. The van der Waals surface area contributed by atoms with Gasteiger partial charge in [-0.15, -0.1) is 0 Å². The Morgan fingerprint density at radius 1 is 1.10 bits per heavy atom. The van der Waals surface area contributed by atoms with Crippen LogP contribution in [0.25, 0.3) is 17.0 Å². The summed E-state index contributed by atoms with van der Waals surface area (Å²) in [6.45, 7) is 2.64. The number of nitrogens with zero attached hydrogens (tertiary/aromatic N) is 3. The lowest BCUT2D eigenvalue weighted by Gasteiger charge is -2.09. The van der Waals surface area contributed by atoms with Gasteiger partial charge in [0.15, 0.2) is 16.6 Å². The van der Waals surface area contributed by atoms with Gasteiger partial charge >= 0.3 is 0 Å². The van der Waals surface area contributed by atoms with E-state index in [1.165, 1.54) is 23.4 Å². The highest BCUT2D eigenvalue weighted by atomic mass is 35.5. The molecule has 0 atom stereocenters. The van der Waals surface area contributed by atoms with Gasteiger partial charge in [0.2, 0.25) is 0 Å². The number of nitrogens with one attached hydrogen (secondary N) is 1. The molecule has 0 saturated heterocycles. The normalized spacial score (nSPS) is 11.1. The molecular formula is C21H19ClN4O2S. The highest BCUT2D eigenvalue weighted by Gasteiger charge is 2.11. The number of hydrogen-bond acceptors (Lipinski definition) is 5. The Kier molecular flexibility index (Phi) is 5.87. The molecule has 6 nitrogen and oxygen atoms in total. The number of rotatable bonds is 7. The fourth-order valence-corrected chi connectivity index (χ4v) is 3.72. The first-order valence-electron chi connectivity index (χ1n) is 9.22. The third-order valence-electron chi connectivity index (χ3n) is 4.34. The number of benzene rings is 2. The molecule has 2 aromatic heterocycles. The molecule has 8 heteroatoms. The van der Waals surface area contributed by atoms with Gasteiger partial charge in [-0.3, -0.25) is 9.89 Å². The number of aryl methyl sites for hydroxylation is 1. The van der Waals surface area contributed by atoms with Crippen LogP contribution in [0.15, 0.2) is 64.5 Å². The summed E-state index contributed by atoms with van der Waals surface area (Å²) in [6, 6.07) is 16.8. The summed E-state index contributed by atoms with van der Waals surface area (Å²) in [5.74, 6) is 2.05. The highest BCUT2D eigenvalue weighted by molar-refractivity contribution is 7.99. The van der Waals surface area contributed by atoms with E-state index in [2.05, 4.69) is 34.1 Å². The van der Waals surface area contributed by atoms with Crippen LogP contribution < -0.4 is 10.3 Å². The van der Waals surface area contributed by atoms with Crippen LogP contribution in [0, 0.1) is 0 Å². The number of H-pyrrole nitrogens is 1. The molecule has 0 radical (unpaired) electrons. The fourth-order valence-electron chi connectivity index (χ4n) is 2.82. The second-order valence-electron chi connectivity index (χ2n) is 6.35. The van der Waals surface area contributed by atoms with Crippen molar-refractivity contribution in [3.63, 3.8) is 0 Å². The minimum atomic E-state index is -0.221. The standard InChI is InChI=1S/C21H19ClN4O2S/c1-2-14-3-9-17(10-4-14)28-11-12-29-21-24-20(15-5-7-16(22)8-6-15)23-18-13-19(27)25-26(18)21/h3-10,13H,2,11-12H2,1H3,(H,25,27). The molecule has 0 fully saturated rings. The van der Waals surface area contributed by atoms with Crippen LogP contribution in [0.2, 0.25) is 5.02 Å². The average molecular weight is 427 g/mol. The summed E-state index contributed by atoms with van der Waals surface area (Å²) in [7, 11) is 0. The number of aromatic amines is 1. The monoisotopic (exact) mass is 426 g/mol. The van der Waals surface area contributed by atoms with Gasteiger partial charge in [0.25, 0.3) is 5.56 Å². The molecule has 0 saturated carbocycles. The summed E-state index contributed by atoms with van der Waals surface area (Å²) in [5.41, 5.74) is 2.41. The van der Waals surface area contributed by atoms with Crippen molar-refractivity contribution >= 4 is 29.0 Å². The van der Waals surface area contributed by atoms with Crippen LogP contribution in [0.1, 0.15) is 12.5 Å². The van der Waals surface area contributed by atoms with E-state index in [1.807, 2.05) is 24.3 Å². The molecule has 0 amide bonds. The zero-order valence-corrected chi connectivity index (χ0v) is 17.3. The van der Waals surface area contributed by atoms with Crippen molar-refractivity contribution in [3.05, 3.63) is 75.5 Å². The molecule has 0 bridgehead atoms. The van der Waals surface area contributed by atoms with Crippen molar-refractivity contribution in [3.8, 4) is 17.1 Å². The first-order valence-corrected chi connectivity index (χ1v) is 10.6. The van der Waals surface area contributed by atoms with Crippen molar-refractivity contribution in [2.45, 2.75) is 18.5 Å². The summed E-state index contributed by atoms with van der Waals surface area (Å²) in [6.07, 6.45) is 1.00. The second-order valence-corrected chi connectivity index (χ2v) is 7.84. The first-order chi connectivity index (χ1) is 14.1. The summed E-state index contributed by atoms with van der Waals surface area (Å²) < 4.78 is 7.41. The Labute approximate surface area is 176 Å². The molecule has 148 valence electrons. The van der Waals surface area contributed by atoms with E-state index >= 15 is 0 Å². The van der Waals surface area contributed by atoms with Crippen LogP contribution >= 0.6 is 23.4 Å². The summed E-state index contributed by atoms with van der Waals surface area (Å²) in [5, 5.41) is 4.03. The second kappa shape index (κ2) is 8.71. The van der Waals surface area contributed by atoms with Crippen molar-refractivity contribution in [2.24, 2.45) is 0 Å². The number of thioether (sulfide) groups is 1. The Bertz CT molecular complexity index is 1170. The molecule has 0 aliphatic rings. The maximum atomic E-state index is 11.8. The van der Waals surface area contributed by atoms with E-state index in [-0.39, 0.29) is 5.56 Å². The molecule has 2 aromatic carbocycles. The molecular weight excluding hydrogens is 408 g/mol. The highest BCUT2D eigenvalue weighted by Crippen LogP contribution is 2.23. The van der Waals surface area contributed by atoms with Crippen LogP contribution in [-0.2, 0) is 6.42 Å². The molecule has 2 heterocycles. The van der Waals surface area contributed by atoms with Gasteiger partial charge in [-0.25, -0.2) is 14.5 Å². The quantitative estimate of drug-likeness (QED) is 0.348. The molecule has 4 aromatic rings. The molecule has 0 aliphatic heterocycles. The SMILES string of the molecule is CCc1ccc(OCCSc2nc(-c3ccc(Cl)cc3)nc3cc(=O)[nH]n23)cc1. The Balaban J connectivity index is 1.51. The smallest absolute Gasteiger partial charge is 0.266 e. The van der Waals surface area contributed by atoms with Gasteiger partial charge in [0.1, 0.15) is 5.75 Å². The van der Waals surface area contributed by atoms with Crippen molar-refractivity contribution in [1.29, 1.82) is 0 Å². The van der Waals surface area contributed by atoms with Crippen LogP contribution in [0.3, 0.4) is 0 Å². The average Bonchev–Trinajstić information content (AvgIpc) is 3.12. The molecule has 29 heavy (non-hydrogen) atoms. The predicted octanol–water partition coefficient (Wildman–Crippen LogP) is 4.47. The largest absolute Gasteiger partial charge is 0.493 e. The van der Waals surface area contributed by atoms with E-state index in [0.717, 1.165) is 17.7 Å². The predicted molar refractivity (Wildman–Crippen MR) is 116 cm³/mol. The maximum Gasteiger partial charge on any atom is 0.266 e. The lowest BCUT2D eigenvalue weighted by atomic mass is 10.2. The molecule has 4 rings (SSSR count). The van der Waals surface area contributed by atoms with Crippen molar-refractivity contribution in [2.75, 3.05) is 12.4 Å². The van der Waals surface area contributed by atoms with E-state index < -0.39 is 0 Å². The molecule has 0 unspecified atom stereocenters. The topological polar surface area (TPSA) is 72.3 Å². The number of aromatic nitrogens is 4.